The van der Waals surface area contributed by atoms with Gasteiger partial charge in [-0.3, -0.25) is 9.78 Å². The lowest BCUT2D eigenvalue weighted by atomic mass is 9.86. The van der Waals surface area contributed by atoms with Crippen LogP contribution < -0.4 is 5.32 Å². The number of carbonyl (C=O) groups is 1. The van der Waals surface area contributed by atoms with Crippen LogP contribution in [0.5, 0.6) is 0 Å². The predicted molar refractivity (Wildman–Crippen MR) is 74.7 cm³/mol. The molecule has 5 rings (SSSR count). The average Bonchev–Trinajstić information content (AvgIpc) is 3.14. The van der Waals surface area contributed by atoms with Crippen LogP contribution in [0.2, 0.25) is 0 Å². The molecule has 0 aromatic carbocycles. The summed E-state index contributed by atoms with van der Waals surface area (Å²) >= 11 is 0. The Hall–Kier alpha value is -2.10. The van der Waals surface area contributed by atoms with E-state index in [4.69, 9.17) is 0 Å². The fourth-order valence-corrected chi connectivity index (χ4v) is 3.80. The number of pyridine rings is 1. The second-order valence-electron chi connectivity index (χ2n) is 6.22. The van der Waals surface area contributed by atoms with Gasteiger partial charge in [0.15, 0.2) is 0 Å². The molecule has 100 valence electrons. The highest BCUT2D eigenvalue weighted by atomic mass is 16.1. The number of amides is 1. The molecule has 20 heavy (non-hydrogen) atoms. The summed E-state index contributed by atoms with van der Waals surface area (Å²) in [6, 6.07) is 2.06. The number of aromatic amines is 1. The first-order valence-electron chi connectivity index (χ1n) is 7.25. The number of nitrogens with one attached hydrogen (secondary N) is 2. The normalized spacial score (nSPS) is 20.9. The highest BCUT2D eigenvalue weighted by Crippen LogP contribution is 2.52. The first kappa shape index (κ1) is 10.7. The molecule has 0 saturated heterocycles. The molecule has 0 radical (unpaired) electrons. The van der Waals surface area contributed by atoms with Gasteiger partial charge in [-0.1, -0.05) is 0 Å². The Labute approximate surface area is 116 Å². The van der Waals surface area contributed by atoms with Crippen molar-refractivity contribution in [3.05, 3.63) is 40.8 Å². The van der Waals surface area contributed by atoms with Crippen molar-refractivity contribution in [2.24, 2.45) is 0 Å². The number of aryl methyl sites for hydroxylation is 1. The average molecular weight is 265 g/mol. The molecule has 1 saturated carbocycles. The van der Waals surface area contributed by atoms with E-state index in [1.54, 1.807) is 0 Å². The van der Waals surface area contributed by atoms with Gasteiger partial charge in [-0.15, -0.1) is 0 Å². The van der Waals surface area contributed by atoms with E-state index >= 15 is 0 Å². The van der Waals surface area contributed by atoms with Crippen molar-refractivity contribution in [3.63, 3.8) is 0 Å². The zero-order chi connectivity index (χ0) is 13.3. The molecule has 3 aliphatic rings. The van der Waals surface area contributed by atoms with E-state index < -0.39 is 0 Å². The van der Waals surface area contributed by atoms with Gasteiger partial charge in [0, 0.05) is 35.6 Å². The fraction of sp³-hybridized carbons (Fsp3) is 0.375. The number of carbonyl (C=O) groups excluding carboxylic acids is 1. The summed E-state index contributed by atoms with van der Waals surface area (Å²) < 4.78 is 0. The summed E-state index contributed by atoms with van der Waals surface area (Å²) in [6.45, 7) is 0.793. The van der Waals surface area contributed by atoms with E-state index in [1.165, 1.54) is 35.2 Å². The topological polar surface area (TPSA) is 57.8 Å². The van der Waals surface area contributed by atoms with Gasteiger partial charge in [0.05, 0.1) is 11.3 Å². The molecule has 2 N–H and O–H groups in total. The maximum Gasteiger partial charge on any atom is 0.253 e. The lowest BCUT2D eigenvalue weighted by Gasteiger charge is -2.23. The van der Waals surface area contributed by atoms with Gasteiger partial charge in [0.1, 0.15) is 0 Å². The molecule has 4 nitrogen and oxygen atoms in total. The third kappa shape index (κ3) is 1.17. The van der Waals surface area contributed by atoms with Crippen molar-refractivity contribution in [2.75, 3.05) is 6.54 Å². The van der Waals surface area contributed by atoms with Crippen LogP contribution in [0.25, 0.3) is 11.3 Å². The van der Waals surface area contributed by atoms with Crippen molar-refractivity contribution < 1.29 is 4.79 Å². The minimum absolute atomic E-state index is 0.104. The van der Waals surface area contributed by atoms with Crippen molar-refractivity contribution in [1.82, 2.24) is 15.3 Å². The van der Waals surface area contributed by atoms with E-state index in [0.29, 0.717) is 0 Å². The summed E-state index contributed by atoms with van der Waals surface area (Å²) in [5, 5.41) is 3.08. The number of hydrogen-bond donors (Lipinski definition) is 2. The minimum Gasteiger partial charge on any atom is -0.357 e. The minimum atomic E-state index is 0.104. The van der Waals surface area contributed by atoms with Gasteiger partial charge in [-0.05, 0) is 42.9 Å². The fourth-order valence-electron chi connectivity index (χ4n) is 3.80. The van der Waals surface area contributed by atoms with E-state index in [-0.39, 0.29) is 11.3 Å². The van der Waals surface area contributed by atoms with Crippen molar-refractivity contribution in [3.8, 4) is 11.3 Å². The standard InChI is InChI=1S/C16H15N3O/c20-15-12-11-2-1-9-7-17-6-3-10(9)13(11)19-14(12)16(4-5-16)8-18-15/h3,6-7,19H,1-2,4-5,8H2,(H,18,20). The van der Waals surface area contributed by atoms with Crippen LogP contribution in [0.4, 0.5) is 0 Å². The lowest BCUT2D eigenvalue weighted by Crippen LogP contribution is -2.39. The van der Waals surface area contributed by atoms with Crippen molar-refractivity contribution in [2.45, 2.75) is 31.1 Å². The number of aromatic nitrogens is 2. The van der Waals surface area contributed by atoms with Crippen LogP contribution in [-0.2, 0) is 18.3 Å². The molecule has 0 unspecified atom stereocenters. The molecule has 2 aliphatic carbocycles. The van der Waals surface area contributed by atoms with E-state index in [0.717, 1.165) is 30.6 Å². The van der Waals surface area contributed by atoms with E-state index in [2.05, 4.69) is 21.4 Å². The van der Waals surface area contributed by atoms with E-state index in [9.17, 15) is 4.79 Å². The third-order valence-electron chi connectivity index (χ3n) is 5.12. The second kappa shape index (κ2) is 3.32. The van der Waals surface area contributed by atoms with Gasteiger partial charge in [0.25, 0.3) is 5.91 Å². The number of H-pyrrole nitrogens is 1. The smallest absolute Gasteiger partial charge is 0.253 e. The van der Waals surface area contributed by atoms with Crippen LogP contribution >= 0.6 is 0 Å². The molecule has 1 amide bonds. The molecule has 3 heterocycles. The second-order valence-corrected chi connectivity index (χ2v) is 6.22. The number of nitrogens with zero attached hydrogens (tertiary/aromatic N) is 1. The van der Waals surface area contributed by atoms with Crippen LogP contribution in [0, 0.1) is 0 Å². The first-order chi connectivity index (χ1) is 9.78. The van der Waals surface area contributed by atoms with Gasteiger partial charge in [-0.25, -0.2) is 0 Å². The summed E-state index contributed by atoms with van der Waals surface area (Å²) in [4.78, 5) is 20.1. The Morgan fingerprint density at radius 3 is 3.00 bits per heavy atom. The Balaban J connectivity index is 1.81. The molecular formula is C16H15N3O. The quantitative estimate of drug-likeness (QED) is 0.765. The van der Waals surface area contributed by atoms with Gasteiger partial charge >= 0.3 is 0 Å². The number of fused-ring (bicyclic) bond motifs is 6. The molecule has 1 aliphatic heterocycles. The molecule has 1 fully saturated rings. The number of rotatable bonds is 0. The summed E-state index contributed by atoms with van der Waals surface area (Å²) in [6.07, 6.45) is 8.06. The SMILES string of the molecule is O=C1NCC2(CC2)c2[nH]c3c(c21)CCc1cnccc1-3. The van der Waals surface area contributed by atoms with Crippen molar-refractivity contribution in [1.29, 1.82) is 0 Å². The molecule has 1 spiro atoms. The highest BCUT2D eigenvalue weighted by Gasteiger charge is 2.51. The summed E-state index contributed by atoms with van der Waals surface area (Å²) in [7, 11) is 0. The van der Waals surface area contributed by atoms with Crippen molar-refractivity contribution >= 4 is 5.91 Å². The maximum absolute atomic E-state index is 12.3. The molecule has 4 heteroatoms. The third-order valence-corrected chi connectivity index (χ3v) is 5.12. The zero-order valence-electron chi connectivity index (χ0n) is 11.1. The first-order valence-corrected chi connectivity index (χ1v) is 7.25. The number of hydrogen-bond acceptors (Lipinski definition) is 2. The van der Waals surface area contributed by atoms with Crippen LogP contribution in [-0.4, -0.2) is 22.4 Å². The Morgan fingerprint density at radius 1 is 1.25 bits per heavy atom. The monoisotopic (exact) mass is 265 g/mol. The maximum atomic E-state index is 12.3. The highest BCUT2D eigenvalue weighted by molar-refractivity contribution is 6.01. The Kier molecular flexibility index (Phi) is 1.77. The largest absolute Gasteiger partial charge is 0.357 e. The molecule has 0 bridgehead atoms. The summed E-state index contributed by atoms with van der Waals surface area (Å²) in [5.74, 6) is 0.104. The molecule has 0 atom stereocenters. The van der Waals surface area contributed by atoms with Gasteiger partial charge in [0.2, 0.25) is 0 Å². The van der Waals surface area contributed by atoms with E-state index in [1.807, 2.05) is 12.4 Å². The van der Waals surface area contributed by atoms with Crippen LogP contribution in [0.3, 0.4) is 0 Å². The lowest BCUT2D eigenvalue weighted by molar-refractivity contribution is 0.0936. The zero-order valence-corrected chi connectivity index (χ0v) is 11.1. The summed E-state index contributed by atoms with van der Waals surface area (Å²) in [5.41, 5.74) is 7.20. The van der Waals surface area contributed by atoms with Crippen LogP contribution in [0.1, 0.15) is 40.0 Å². The molecular weight excluding hydrogens is 250 g/mol. The Bertz CT molecular complexity index is 755. The molecule has 2 aromatic rings. The predicted octanol–water partition coefficient (Wildman–Crippen LogP) is 1.95. The van der Waals surface area contributed by atoms with Crippen LogP contribution in [0.15, 0.2) is 18.5 Å². The van der Waals surface area contributed by atoms with Gasteiger partial charge < -0.3 is 10.3 Å². The van der Waals surface area contributed by atoms with Gasteiger partial charge in [-0.2, -0.15) is 0 Å². The molecule has 2 aromatic heterocycles. The Morgan fingerprint density at radius 2 is 2.15 bits per heavy atom.